The molecule has 0 aliphatic carbocycles. The topological polar surface area (TPSA) is 34.5 Å². The number of hydrogen-bond donors (Lipinski definition) is 0. The fourth-order valence-electron chi connectivity index (χ4n) is 1.75. The van der Waals surface area contributed by atoms with Crippen LogP contribution in [0.3, 0.4) is 0 Å². The Bertz CT molecular complexity index is 578. The van der Waals surface area contributed by atoms with E-state index in [-0.39, 0.29) is 24.1 Å². The summed E-state index contributed by atoms with van der Waals surface area (Å²) >= 11 is 1.44. The third-order valence-electron chi connectivity index (χ3n) is 2.61. The summed E-state index contributed by atoms with van der Waals surface area (Å²) < 4.78 is 32.4. The Morgan fingerprint density at radius 3 is 2.72 bits per heavy atom. The average molecular weight is 266 g/mol. The van der Waals surface area contributed by atoms with Gasteiger partial charge in [0, 0.05) is 6.20 Å². The highest BCUT2D eigenvalue weighted by Crippen LogP contribution is 2.28. The summed E-state index contributed by atoms with van der Waals surface area (Å²) in [6.45, 7) is 0.283. The molecule has 0 saturated heterocycles. The van der Waals surface area contributed by atoms with Crippen LogP contribution in [-0.4, -0.2) is 17.5 Å². The van der Waals surface area contributed by atoms with Crippen molar-refractivity contribution >= 4 is 17.2 Å². The maximum atomic E-state index is 13.6. The maximum Gasteiger partial charge on any atom is 0.222 e. The van der Waals surface area contributed by atoms with Crippen molar-refractivity contribution in [2.75, 3.05) is 6.61 Å². The number of ether oxygens (including phenoxy) is 1. The van der Waals surface area contributed by atoms with Gasteiger partial charge < -0.3 is 4.74 Å². The van der Waals surface area contributed by atoms with Crippen molar-refractivity contribution in [2.45, 2.75) is 6.04 Å². The minimum Gasteiger partial charge on any atom is -0.475 e. The lowest BCUT2D eigenvalue weighted by Crippen LogP contribution is -2.07. The molecule has 18 heavy (non-hydrogen) atoms. The highest BCUT2D eigenvalue weighted by atomic mass is 32.1. The molecule has 1 aromatic carbocycles. The summed E-state index contributed by atoms with van der Waals surface area (Å²) in [5, 5.41) is 0. The van der Waals surface area contributed by atoms with Crippen molar-refractivity contribution < 1.29 is 13.5 Å². The molecule has 3 nitrogen and oxygen atoms in total. The van der Waals surface area contributed by atoms with Gasteiger partial charge in [0.2, 0.25) is 5.90 Å². The second-order valence-electron chi connectivity index (χ2n) is 3.76. The van der Waals surface area contributed by atoms with Crippen LogP contribution in [-0.2, 0) is 4.74 Å². The number of nitrogens with zero attached hydrogens (tertiary/aromatic N) is 2. The summed E-state index contributed by atoms with van der Waals surface area (Å²) in [5.74, 6) is -1.32. The van der Waals surface area contributed by atoms with Gasteiger partial charge in [0.15, 0.2) is 0 Å². The summed E-state index contributed by atoms with van der Waals surface area (Å²) in [6.07, 6.45) is 1.68. The van der Waals surface area contributed by atoms with Gasteiger partial charge >= 0.3 is 0 Å². The molecule has 2 heterocycles. The standard InChI is InChI=1S/C12H8F2N2OS/c13-7-2-1-3-8(14)11(7)12-16-9(5-17-12)10-4-15-6-18-10/h1-4,6,9H,5H2. The Hall–Kier alpha value is -1.82. The van der Waals surface area contributed by atoms with E-state index in [1.807, 2.05) is 0 Å². The molecule has 1 aliphatic heterocycles. The number of thiazole rings is 1. The van der Waals surface area contributed by atoms with E-state index in [9.17, 15) is 8.78 Å². The van der Waals surface area contributed by atoms with Crippen LogP contribution >= 0.6 is 11.3 Å². The van der Waals surface area contributed by atoms with Gasteiger partial charge in [-0.15, -0.1) is 11.3 Å². The molecular weight excluding hydrogens is 258 g/mol. The quantitative estimate of drug-likeness (QED) is 0.837. The first-order valence-corrected chi connectivity index (χ1v) is 6.17. The summed E-state index contributed by atoms with van der Waals surface area (Å²) in [4.78, 5) is 9.07. The van der Waals surface area contributed by atoms with Crippen LogP contribution in [0.2, 0.25) is 0 Å². The van der Waals surface area contributed by atoms with Gasteiger partial charge in [0.05, 0.1) is 10.4 Å². The van der Waals surface area contributed by atoms with Crippen molar-refractivity contribution in [3.63, 3.8) is 0 Å². The molecule has 0 radical (unpaired) electrons. The monoisotopic (exact) mass is 266 g/mol. The highest BCUT2D eigenvalue weighted by molar-refractivity contribution is 7.09. The first-order chi connectivity index (χ1) is 8.75. The fourth-order valence-corrected chi connectivity index (χ4v) is 2.39. The number of rotatable bonds is 2. The molecule has 0 N–H and O–H groups in total. The molecule has 0 bridgehead atoms. The molecule has 0 saturated carbocycles. The van der Waals surface area contributed by atoms with Crippen molar-refractivity contribution in [3.8, 4) is 0 Å². The summed E-state index contributed by atoms with van der Waals surface area (Å²) in [7, 11) is 0. The molecule has 6 heteroatoms. The normalized spacial score (nSPS) is 18.6. The molecule has 0 spiro atoms. The first kappa shape index (κ1) is 11.3. The Morgan fingerprint density at radius 2 is 2.06 bits per heavy atom. The Labute approximate surface area is 106 Å². The molecule has 0 fully saturated rings. The van der Waals surface area contributed by atoms with Crippen LogP contribution in [0.15, 0.2) is 34.9 Å². The van der Waals surface area contributed by atoms with Gasteiger partial charge in [-0.05, 0) is 12.1 Å². The van der Waals surface area contributed by atoms with Gasteiger partial charge in [-0.1, -0.05) is 6.07 Å². The highest BCUT2D eigenvalue weighted by Gasteiger charge is 2.26. The van der Waals surface area contributed by atoms with Gasteiger partial charge in [-0.2, -0.15) is 0 Å². The van der Waals surface area contributed by atoms with Crippen LogP contribution in [0, 0.1) is 11.6 Å². The molecule has 1 atom stereocenters. The Balaban J connectivity index is 1.97. The SMILES string of the molecule is Fc1cccc(F)c1C1=NC(c2cncs2)CO1. The van der Waals surface area contributed by atoms with Crippen molar-refractivity contribution in [1.82, 2.24) is 4.98 Å². The molecule has 1 aliphatic rings. The molecule has 0 amide bonds. The van der Waals surface area contributed by atoms with E-state index in [4.69, 9.17) is 4.74 Å². The number of aromatic nitrogens is 1. The zero-order chi connectivity index (χ0) is 12.5. The molecule has 3 rings (SSSR count). The molecule has 1 aromatic heterocycles. The van der Waals surface area contributed by atoms with Crippen molar-refractivity contribution in [2.24, 2.45) is 4.99 Å². The molecular formula is C12H8F2N2OS. The van der Waals surface area contributed by atoms with Gasteiger partial charge in [-0.25, -0.2) is 13.8 Å². The fraction of sp³-hybridized carbons (Fsp3) is 0.167. The van der Waals surface area contributed by atoms with Crippen molar-refractivity contribution in [1.29, 1.82) is 0 Å². The van der Waals surface area contributed by atoms with Gasteiger partial charge in [0.1, 0.15) is 29.8 Å². The maximum absolute atomic E-state index is 13.6. The molecule has 92 valence electrons. The lowest BCUT2D eigenvalue weighted by molar-refractivity contribution is 0.318. The minimum absolute atomic E-state index is 0.0176. The number of halogens is 2. The van der Waals surface area contributed by atoms with E-state index >= 15 is 0 Å². The zero-order valence-corrected chi connectivity index (χ0v) is 9.95. The van der Waals surface area contributed by atoms with Crippen LogP contribution in [0.25, 0.3) is 0 Å². The second-order valence-corrected chi connectivity index (χ2v) is 4.68. The predicted octanol–water partition coefficient (Wildman–Crippen LogP) is 2.94. The minimum atomic E-state index is -0.668. The van der Waals surface area contributed by atoms with Gasteiger partial charge in [0.25, 0.3) is 0 Å². The lowest BCUT2D eigenvalue weighted by atomic mass is 10.2. The van der Waals surface area contributed by atoms with Crippen LogP contribution < -0.4 is 0 Å². The third kappa shape index (κ3) is 1.88. The third-order valence-corrected chi connectivity index (χ3v) is 3.48. The zero-order valence-electron chi connectivity index (χ0n) is 9.14. The largest absolute Gasteiger partial charge is 0.475 e. The van der Waals surface area contributed by atoms with E-state index in [0.717, 1.165) is 4.88 Å². The van der Waals surface area contributed by atoms with E-state index < -0.39 is 11.6 Å². The van der Waals surface area contributed by atoms with E-state index in [1.165, 1.54) is 29.5 Å². The smallest absolute Gasteiger partial charge is 0.222 e. The number of benzene rings is 1. The van der Waals surface area contributed by atoms with Crippen molar-refractivity contribution in [3.05, 3.63) is 52.0 Å². The van der Waals surface area contributed by atoms with Crippen LogP contribution in [0.5, 0.6) is 0 Å². The van der Waals surface area contributed by atoms with Gasteiger partial charge in [-0.3, -0.25) is 4.98 Å². The Morgan fingerprint density at radius 1 is 1.28 bits per heavy atom. The number of hydrogen-bond acceptors (Lipinski definition) is 4. The van der Waals surface area contributed by atoms with E-state index in [2.05, 4.69) is 9.98 Å². The van der Waals surface area contributed by atoms with E-state index in [1.54, 1.807) is 11.7 Å². The van der Waals surface area contributed by atoms with Crippen LogP contribution in [0.1, 0.15) is 16.5 Å². The van der Waals surface area contributed by atoms with Crippen LogP contribution in [0.4, 0.5) is 8.78 Å². The first-order valence-electron chi connectivity index (χ1n) is 5.29. The van der Waals surface area contributed by atoms with E-state index in [0.29, 0.717) is 0 Å². The summed E-state index contributed by atoms with van der Waals surface area (Å²) in [6, 6.07) is 3.45. The number of aliphatic imine (C=N–C) groups is 1. The average Bonchev–Trinajstić information content (AvgIpc) is 2.99. The second kappa shape index (κ2) is 4.45. The molecule has 1 unspecified atom stereocenters. The Kier molecular flexibility index (Phi) is 2.79. The summed E-state index contributed by atoms with van der Waals surface area (Å²) in [5.41, 5.74) is 1.48. The molecule has 2 aromatic rings. The lowest BCUT2D eigenvalue weighted by Gasteiger charge is -2.03. The predicted molar refractivity (Wildman–Crippen MR) is 63.7 cm³/mol.